The predicted octanol–water partition coefficient (Wildman–Crippen LogP) is 5.34. The number of nitrogens with zero attached hydrogens (tertiary/aromatic N) is 1. The first kappa shape index (κ1) is 21.9. The Kier molecular flexibility index (Phi) is 6.55. The molecule has 5 nitrogen and oxygen atoms in total. The lowest BCUT2D eigenvalue weighted by atomic mass is 9.77. The topological polar surface area (TPSA) is 49.7 Å². The first-order valence-electron chi connectivity index (χ1n) is 11.6. The molecule has 6 heteroatoms. The third-order valence-electron chi connectivity index (χ3n) is 6.43. The van der Waals surface area contributed by atoms with Gasteiger partial charge in [-0.2, -0.15) is 0 Å². The minimum absolute atomic E-state index is 0.0263. The summed E-state index contributed by atoms with van der Waals surface area (Å²) in [7, 11) is 0. The Morgan fingerprint density at radius 1 is 1.00 bits per heavy atom. The van der Waals surface area contributed by atoms with E-state index in [0.29, 0.717) is 11.7 Å². The fraction of sp³-hybridized carbons (Fsp3) is 0.370. The van der Waals surface area contributed by atoms with Crippen molar-refractivity contribution in [3.05, 3.63) is 94.2 Å². The lowest BCUT2D eigenvalue weighted by Crippen LogP contribution is -2.35. The molecule has 33 heavy (non-hydrogen) atoms. The van der Waals surface area contributed by atoms with Crippen LogP contribution in [-0.2, 0) is 16.1 Å². The Morgan fingerprint density at radius 3 is 2.48 bits per heavy atom. The first-order chi connectivity index (χ1) is 16.1. The minimum atomic E-state index is -0.285. The second kappa shape index (κ2) is 9.89. The summed E-state index contributed by atoms with van der Waals surface area (Å²) in [5, 5.41) is 0. The molecule has 3 aromatic rings. The number of hydrogen-bond acceptors (Lipinski definition) is 4. The summed E-state index contributed by atoms with van der Waals surface area (Å²) in [6.45, 7) is 1.08. The van der Waals surface area contributed by atoms with Gasteiger partial charge in [0.25, 0.3) is 5.56 Å². The summed E-state index contributed by atoms with van der Waals surface area (Å²) >= 11 is 0. The van der Waals surface area contributed by atoms with E-state index in [4.69, 9.17) is 14.2 Å². The van der Waals surface area contributed by atoms with Crippen LogP contribution in [0.4, 0.5) is 4.39 Å². The highest BCUT2D eigenvalue weighted by Crippen LogP contribution is 2.40. The molecule has 2 aliphatic rings. The van der Waals surface area contributed by atoms with E-state index in [-0.39, 0.29) is 30.4 Å². The van der Waals surface area contributed by atoms with Crippen molar-refractivity contribution in [3.8, 4) is 11.4 Å². The van der Waals surface area contributed by atoms with E-state index in [2.05, 4.69) is 12.1 Å². The highest BCUT2D eigenvalue weighted by Gasteiger charge is 2.33. The van der Waals surface area contributed by atoms with Crippen LogP contribution in [-0.4, -0.2) is 23.6 Å². The Balaban J connectivity index is 1.16. The number of benzene rings is 2. The van der Waals surface area contributed by atoms with Crippen molar-refractivity contribution in [2.75, 3.05) is 6.61 Å². The summed E-state index contributed by atoms with van der Waals surface area (Å²) in [5.41, 5.74) is 2.77. The molecular formula is C27H28FNO4. The van der Waals surface area contributed by atoms with Gasteiger partial charge in [-0.3, -0.25) is 9.36 Å². The van der Waals surface area contributed by atoms with Gasteiger partial charge in [-0.05, 0) is 79.5 Å². The molecule has 5 rings (SSSR count). The van der Waals surface area contributed by atoms with E-state index in [1.165, 1.54) is 30.2 Å². The van der Waals surface area contributed by atoms with Crippen molar-refractivity contribution in [2.24, 2.45) is 0 Å². The molecule has 0 amide bonds. The summed E-state index contributed by atoms with van der Waals surface area (Å²) in [6.07, 6.45) is 7.31. The molecule has 0 bridgehead atoms. The average Bonchev–Trinajstić information content (AvgIpc) is 2.82. The van der Waals surface area contributed by atoms with Gasteiger partial charge in [0, 0.05) is 24.6 Å². The van der Waals surface area contributed by atoms with E-state index in [9.17, 15) is 9.18 Å². The normalized spacial score (nSPS) is 22.5. The monoisotopic (exact) mass is 449 g/mol. The second-order valence-corrected chi connectivity index (χ2v) is 8.80. The van der Waals surface area contributed by atoms with Crippen molar-refractivity contribution in [1.29, 1.82) is 0 Å². The van der Waals surface area contributed by atoms with Crippen molar-refractivity contribution in [3.63, 3.8) is 0 Å². The molecule has 2 aromatic carbocycles. The van der Waals surface area contributed by atoms with Gasteiger partial charge in [-0.25, -0.2) is 4.39 Å². The van der Waals surface area contributed by atoms with Gasteiger partial charge in [0.05, 0.1) is 6.10 Å². The maximum Gasteiger partial charge on any atom is 0.258 e. The Morgan fingerprint density at radius 2 is 1.79 bits per heavy atom. The second-order valence-electron chi connectivity index (χ2n) is 8.80. The van der Waals surface area contributed by atoms with E-state index in [1.54, 1.807) is 29.0 Å². The summed E-state index contributed by atoms with van der Waals surface area (Å²) in [6, 6.07) is 17.5. The number of rotatable bonds is 7. The Labute approximate surface area is 192 Å². The van der Waals surface area contributed by atoms with Gasteiger partial charge in [0.1, 0.15) is 18.2 Å². The molecule has 1 saturated heterocycles. The van der Waals surface area contributed by atoms with Crippen LogP contribution in [0.5, 0.6) is 5.75 Å². The smallest absolute Gasteiger partial charge is 0.258 e. The Bertz CT molecular complexity index is 1110. The number of halogens is 1. The van der Waals surface area contributed by atoms with Crippen molar-refractivity contribution >= 4 is 0 Å². The van der Waals surface area contributed by atoms with Crippen LogP contribution >= 0.6 is 0 Å². The van der Waals surface area contributed by atoms with Crippen LogP contribution in [0.15, 0.2) is 71.7 Å². The zero-order valence-electron chi connectivity index (χ0n) is 18.5. The molecule has 0 N–H and O–H groups in total. The quantitative estimate of drug-likeness (QED) is 0.488. The minimum Gasteiger partial charge on any atom is -0.489 e. The van der Waals surface area contributed by atoms with E-state index >= 15 is 0 Å². The SMILES string of the molecule is O=c1cc(OCc2ccc(F)cc2)ccn1-c1ccc(C2CC(OC3CCCCO3)C2)cc1. The number of pyridine rings is 1. The van der Waals surface area contributed by atoms with Crippen LogP contribution in [0.3, 0.4) is 0 Å². The van der Waals surface area contributed by atoms with E-state index in [1.807, 2.05) is 12.1 Å². The predicted molar refractivity (Wildman–Crippen MR) is 123 cm³/mol. The molecule has 172 valence electrons. The van der Waals surface area contributed by atoms with Crippen molar-refractivity contribution < 1.29 is 18.6 Å². The highest BCUT2D eigenvalue weighted by molar-refractivity contribution is 5.38. The molecule has 0 spiro atoms. The average molecular weight is 450 g/mol. The third kappa shape index (κ3) is 5.34. The van der Waals surface area contributed by atoms with Crippen molar-refractivity contribution in [2.45, 2.75) is 57.0 Å². The Hall–Kier alpha value is -2.96. The fourth-order valence-electron chi connectivity index (χ4n) is 4.40. The van der Waals surface area contributed by atoms with Gasteiger partial charge in [0.2, 0.25) is 0 Å². The maximum absolute atomic E-state index is 13.0. The largest absolute Gasteiger partial charge is 0.489 e. The fourth-order valence-corrected chi connectivity index (χ4v) is 4.40. The summed E-state index contributed by atoms with van der Waals surface area (Å²) in [5.74, 6) is 0.693. The van der Waals surface area contributed by atoms with Crippen LogP contribution in [0.1, 0.15) is 49.1 Å². The van der Waals surface area contributed by atoms with Crippen molar-refractivity contribution in [1.82, 2.24) is 4.57 Å². The maximum atomic E-state index is 13.0. The van der Waals surface area contributed by atoms with Gasteiger partial charge in [-0.1, -0.05) is 24.3 Å². The molecule has 1 unspecified atom stereocenters. The molecule has 1 aliphatic heterocycles. The van der Waals surface area contributed by atoms with Crippen LogP contribution in [0.2, 0.25) is 0 Å². The van der Waals surface area contributed by atoms with Crippen LogP contribution in [0, 0.1) is 5.82 Å². The van der Waals surface area contributed by atoms with Gasteiger partial charge in [0.15, 0.2) is 6.29 Å². The molecule has 1 aliphatic carbocycles. The molecule has 1 saturated carbocycles. The molecular weight excluding hydrogens is 421 g/mol. The lowest BCUT2D eigenvalue weighted by molar-refractivity contribution is -0.204. The number of hydrogen-bond donors (Lipinski definition) is 0. The molecule has 1 aromatic heterocycles. The molecule has 0 radical (unpaired) electrons. The lowest BCUT2D eigenvalue weighted by Gasteiger charge is -2.38. The van der Waals surface area contributed by atoms with E-state index in [0.717, 1.165) is 43.5 Å². The van der Waals surface area contributed by atoms with Gasteiger partial charge < -0.3 is 14.2 Å². The van der Waals surface area contributed by atoms with Gasteiger partial charge in [-0.15, -0.1) is 0 Å². The zero-order valence-corrected chi connectivity index (χ0v) is 18.5. The van der Waals surface area contributed by atoms with Crippen LogP contribution in [0.25, 0.3) is 5.69 Å². The molecule has 2 heterocycles. The summed E-state index contributed by atoms with van der Waals surface area (Å²) < 4.78 is 32.0. The van der Waals surface area contributed by atoms with E-state index < -0.39 is 0 Å². The standard InChI is InChI=1S/C27H28FNO4/c28-22-8-4-19(5-9-22)18-32-24-12-13-29(26(30)17-24)23-10-6-20(7-11-23)21-15-25(16-21)33-27-3-1-2-14-31-27/h4-13,17,21,25,27H,1-3,14-16,18H2. The van der Waals surface area contributed by atoms with Crippen LogP contribution < -0.4 is 10.3 Å². The number of aromatic nitrogens is 1. The molecule has 1 atom stereocenters. The third-order valence-corrected chi connectivity index (χ3v) is 6.43. The summed E-state index contributed by atoms with van der Waals surface area (Å²) in [4.78, 5) is 12.6. The van der Waals surface area contributed by atoms with Gasteiger partial charge >= 0.3 is 0 Å². The number of ether oxygens (including phenoxy) is 3. The molecule has 2 fully saturated rings. The zero-order chi connectivity index (χ0) is 22.6. The first-order valence-corrected chi connectivity index (χ1v) is 11.6. The highest BCUT2D eigenvalue weighted by atomic mass is 19.1.